The van der Waals surface area contributed by atoms with Crippen molar-refractivity contribution in [2.24, 2.45) is 5.92 Å². The van der Waals surface area contributed by atoms with E-state index in [1.54, 1.807) is 4.90 Å². The Balaban J connectivity index is 2.17. The second-order valence-corrected chi connectivity index (χ2v) is 7.97. The number of fused-ring (bicyclic) bond motifs is 1. The zero-order chi connectivity index (χ0) is 17.5. The lowest BCUT2D eigenvalue weighted by molar-refractivity contribution is -0.143. The van der Waals surface area contributed by atoms with Gasteiger partial charge in [-0.05, 0) is 33.1 Å². The average Bonchev–Trinajstić information content (AvgIpc) is 3.03. The number of aliphatic carboxylic acids is 1. The summed E-state index contributed by atoms with van der Waals surface area (Å²) in [7, 11) is 0. The van der Waals surface area contributed by atoms with E-state index in [1.807, 2.05) is 20.8 Å². The van der Waals surface area contributed by atoms with Crippen molar-refractivity contribution in [2.75, 3.05) is 0 Å². The number of carbonyl (C=O) groups is 3. The van der Waals surface area contributed by atoms with Crippen LogP contribution in [0.1, 0.15) is 47.5 Å². The molecule has 0 aromatic heterocycles. The molecule has 23 heavy (non-hydrogen) atoms. The van der Waals surface area contributed by atoms with Crippen LogP contribution in [-0.4, -0.2) is 57.5 Å². The Labute approximate surface area is 136 Å². The van der Waals surface area contributed by atoms with Crippen LogP contribution in [-0.2, 0) is 14.4 Å². The largest absolute Gasteiger partial charge is 0.481 e. The van der Waals surface area contributed by atoms with E-state index >= 15 is 0 Å². The quantitative estimate of drug-likeness (QED) is 0.633. The fraction of sp³-hybridized carbons (Fsp3) is 0.812. The molecule has 2 saturated heterocycles. The van der Waals surface area contributed by atoms with Crippen LogP contribution in [0.4, 0.5) is 0 Å². The zero-order valence-electron chi connectivity index (χ0n) is 14.4. The molecule has 2 rings (SSSR count). The van der Waals surface area contributed by atoms with Gasteiger partial charge in [0, 0.05) is 5.54 Å². The third-order valence-electron chi connectivity index (χ3n) is 4.13. The molecular weight excluding hydrogens is 298 g/mol. The lowest BCUT2D eigenvalue weighted by Crippen LogP contribution is -2.61. The Morgan fingerprint density at radius 3 is 2.43 bits per heavy atom. The fourth-order valence-electron chi connectivity index (χ4n) is 3.30. The third-order valence-corrected chi connectivity index (χ3v) is 4.13. The molecule has 2 amide bonds. The summed E-state index contributed by atoms with van der Waals surface area (Å²) in [6.45, 7) is 9.82. The van der Waals surface area contributed by atoms with Gasteiger partial charge in [-0.2, -0.15) is 0 Å². The molecule has 0 radical (unpaired) electrons. The van der Waals surface area contributed by atoms with E-state index in [0.717, 1.165) is 6.42 Å². The first-order valence-corrected chi connectivity index (χ1v) is 8.13. The molecule has 0 spiro atoms. The average molecular weight is 325 g/mol. The maximum Gasteiger partial charge on any atom is 0.305 e. The second-order valence-electron chi connectivity index (χ2n) is 7.97. The van der Waals surface area contributed by atoms with Crippen LogP contribution in [0.3, 0.4) is 0 Å². The fourth-order valence-corrected chi connectivity index (χ4v) is 3.30. The molecular formula is C16H27N3O4. The predicted molar refractivity (Wildman–Crippen MR) is 84.7 cm³/mol. The number of amides is 2. The first-order chi connectivity index (χ1) is 10.5. The van der Waals surface area contributed by atoms with Gasteiger partial charge < -0.3 is 15.3 Å². The Morgan fingerprint density at radius 1 is 1.35 bits per heavy atom. The standard InChI is InChI=1S/C16H27N3O4/c1-8(2)6-10-13-12(14(22)18-16(3,4)5)17-9(7-11(20)21)15(23)19(10)13/h8-10,12-13,17H,6-7H2,1-5H3,(H,18,22)(H,20,21)/t9-,10+,12+,13-,19?/m0/s1. The van der Waals surface area contributed by atoms with Gasteiger partial charge in [0.15, 0.2) is 0 Å². The van der Waals surface area contributed by atoms with E-state index in [9.17, 15) is 14.4 Å². The van der Waals surface area contributed by atoms with Gasteiger partial charge >= 0.3 is 5.97 Å². The summed E-state index contributed by atoms with van der Waals surface area (Å²) in [6, 6.07) is -1.54. The summed E-state index contributed by atoms with van der Waals surface area (Å²) in [4.78, 5) is 37.7. The molecule has 2 heterocycles. The number of nitrogens with zero attached hydrogens (tertiary/aromatic N) is 1. The van der Waals surface area contributed by atoms with E-state index in [4.69, 9.17) is 5.11 Å². The van der Waals surface area contributed by atoms with Gasteiger partial charge in [0.25, 0.3) is 0 Å². The minimum absolute atomic E-state index is 0.0181. The van der Waals surface area contributed by atoms with Crippen molar-refractivity contribution in [1.82, 2.24) is 15.5 Å². The summed E-state index contributed by atoms with van der Waals surface area (Å²) in [5.41, 5.74) is -0.379. The second kappa shape index (κ2) is 6.11. The van der Waals surface area contributed by atoms with Crippen molar-refractivity contribution in [3.8, 4) is 0 Å². The molecule has 0 aromatic carbocycles. The molecule has 130 valence electrons. The van der Waals surface area contributed by atoms with Crippen molar-refractivity contribution in [1.29, 1.82) is 0 Å². The number of hydrogen-bond acceptors (Lipinski definition) is 4. The minimum Gasteiger partial charge on any atom is -0.481 e. The summed E-state index contributed by atoms with van der Waals surface area (Å²) < 4.78 is 0. The van der Waals surface area contributed by atoms with Crippen molar-refractivity contribution in [3.63, 3.8) is 0 Å². The highest BCUT2D eigenvalue weighted by atomic mass is 16.4. The monoisotopic (exact) mass is 325 g/mol. The maximum absolute atomic E-state index is 12.6. The van der Waals surface area contributed by atoms with Crippen LogP contribution >= 0.6 is 0 Å². The van der Waals surface area contributed by atoms with Crippen molar-refractivity contribution in [2.45, 2.75) is 77.2 Å². The Morgan fingerprint density at radius 2 is 1.96 bits per heavy atom. The molecule has 2 aliphatic rings. The normalized spacial score (nSPS) is 30.2. The van der Waals surface area contributed by atoms with Crippen LogP contribution in [0.25, 0.3) is 0 Å². The summed E-state index contributed by atoms with van der Waals surface area (Å²) in [6.07, 6.45) is 0.507. The van der Waals surface area contributed by atoms with Crippen molar-refractivity contribution < 1.29 is 19.5 Å². The third kappa shape index (κ3) is 4.02. The number of piperazine rings is 1. The number of carbonyl (C=O) groups excluding carboxylic acids is 2. The van der Waals surface area contributed by atoms with Crippen LogP contribution in [0.5, 0.6) is 0 Å². The molecule has 0 bridgehead atoms. The first kappa shape index (κ1) is 17.7. The molecule has 2 fully saturated rings. The van der Waals surface area contributed by atoms with Gasteiger partial charge in [-0.1, -0.05) is 13.8 Å². The van der Waals surface area contributed by atoms with Crippen LogP contribution in [0, 0.1) is 5.92 Å². The van der Waals surface area contributed by atoms with Gasteiger partial charge in [0.1, 0.15) is 6.04 Å². The lowest BCUT2D eigenvalue weighted by Gasteiger charge is -2.31. The topological polar surface area (TPSA) is 98.5 Å². The zero-order valence-corrected chi connectivity index (χ0v) is 14.4. The highest BCUT2D eigenvalue weighted by molar-refractivity contribution is 5.94. The molecule has 0 unspecified atom stereocenters. The molecule has 2 aliphatic heterocycles. The molecule has 4 atom stereocenters. The predicted octanol–water partition coefficient (Wildman–Crippen LogP) is 0.342. The van der Waals surface area contributed by atoms with Crippen molar-refractivity contribution in [3.05, 3.63) is 0 Å². The maximum atomic E-state index is 12.6. The molecule has 0 saturated carbocycles. The lowest BCUT2D eigenvalue weighted by atomic mass is 10.00. The number of carboxylic acid groups (broad SMARTS) is 1. The van der Waals surface area contributed by atoms with E-state index in [1.165, 1.54) is 0 Å². The van der Waals surface area contributed by atoms with Gasteiger partial charge in [-0.25, -0.2) is 0 Å². The van der Waals surface area contributed by atoms with Crippen LogP contribution in [0.15, 0.2) is 0 Å². The highest BCUT2D eigenvalue weighted by Gasteiger charge is 2.61. The minimum atomic E-state index is -1.05. The van der Waals surface area contributed by atoms with Gasteiger partial charge in [0.05, 0.1) is 24.5 Å². The first-order valence-electron chi connectivity index (χ1n) is 8.13. The summed E-state index contributed by atoms with van der Waals surface area (Å²) in [5, 5.41) is 14.9. The van der Waals surface area contributed by atoms with E-state index < -0.39 is 18.1 Å². The van der Waals surface area contributed by atoms with Gasteiger partial charge in [-0.15, -0.1) is 0 Å². The number of nitrogens with one attached hydrogen (secondary N) is 2. The number of hydrogen-bond donors (Lipinski definition) is 3. The number of carboxylic acids is 1. The van der Waals surface area contributed by atoms with Crippen molar-refractivity contribution >= 4 is 17.8 Å². The molecule has 7 nitrogen and oxygen atoms in total. The molecule has 0 aromatic rings. The summed E-state index contributed by atoms with van der Waals surface area (Å²) >= 11 is 0. The molecule has 7 heteroatoms. The van der Waals surface area contributed by atoms with Crippen LogP contribution < -0.4 is 10.6 Å². The van der Waals surface area contributed by atoms with Gasteiger partial charge in [-0.3, -0.25) is 19.7 Å². The highest BCUT2D eigenvalue weighted by Crippen LogP contribution is 2.40. The van der Waals surface area contributed by atoms with Crippen LogP contribution in [0.2, 0.25) is 0 Å². The van der Waals surface area contributed by atoms with Gasteiger partial charge in [0.2, 0.25) is 11.8 Å². The number of rotatable bonds is 5. The molecule has 3 N–H and O–H groups in total. The Bertz CT molecular complexity index is 512. The van der Waals surface area contributed by atoms with E-state index in [-0.39, 0.29) is 35.9 Å². The Hall–Kier alpha value is -1.63. The van der Waals surface area contributed by atoms with E-state index in [0.29, 0.717) is 5.92 Å². The smallest absolute Gasteiger partial charge is 0.305 e. The SMILES string of the molecule is CC(C)C[C@@H]1[C@H]2[C@H](C(=O)NC(C)(C)C)N[C@@H](CC(=O)O)C(=O)N21. The van der Waals surface area contributed by atoms with E-state index in [2.05, 4.69) is 24.5 Å². The Kier molecular flexibility index (Phi) is 4.71. The summed E-state index contributed by atoms with van der Waals surface area (Å²) in [5.74, 6) is -1.03. The molecule has 0 aliphatic carbocycles.